The van der Waals surface area contributed by atoms with Gasteiger partial charge in [-0.3, -0.25) is 9.05 Å². The Morgan fingerprint density at radius 2 is 1.02 bits per heavy atom. The first-order valence-corrected chi connectivity index (χ1v) is 23.5. The number of quaternary nitrogens is 1. The fraction of sp³-hybridized carbons (Fsp3) is 0.976. The van der Waals surface area contributed by atoms with Crippen molar-refractivity contribution in [2.24, 2.45) is 0 Å². The lowest BCUT2D eigenvalue weighted by Gasteiger charge is -2.29. The van der Waals surface area contributed by atoms with Gasteiger partial charge in [0.1, 0.15) is 19.3 Å². The van der Waals surface area contributed by atoms with E-state index in [4.69, 9.17) is 13.8 Å². The summed E-state index contributed by atoms with van der Waals surface area (Å²) in [4.78, 5) is 25.1. The molecule has 10 heteroatoms. The third-order valence-electron chi connectivity index (χ3n) is 9.95. The van der Waals surface area contributed by atoms with E-state index >= 15 is 0 Å². The predicted molar refractivity (Wildman–Crippen MR) is 221 cm³/mol. The summed E-state index contributed by atoms with van der Waals surface area (Å²) in [6.45, 7) is 6.63. The van der Waals surface area contributed by atoms with E-state index in [-0.39, 0.29) is 25.8 Å². The number of carbonyl (C=O) groups excluding carboxylic acids is 1. The molecule has 0 aromatic carbocycles. The molecule has 9 nitrogen and oxygen atoms in total. The monoisotopic (exact) mass is 763 g/mol. The van der Waals surface area contributed by atoms with Gasteiger partial charge in [-0.05, 0) is 12.8 Å². The van der Waals surface area contributed by atoms with Crippen molar-refractivity contribution in [3.8, 4) is 0 Å². The smallest absolute Gasteiger partial charge is 0.379 e. The highest BCUT2D eigenvalue weighted by Crippen LogP contribution is 2.44. The highest BCUT2D eigenvalue weighted by molar-refractivity contribution is 7.47. The van der Waals surface area contributed by atoms with Gasteiger partial charge in [0.2, 0.25) is 0 Å². The van der Waals surface area contributed by atoms with Crippen molar-refractivity contribution in [1.82, 2.24) is 10.2 Å². The molecule has 0 heterocycles. The maximum Gasteiger partial charge on any atom is 0.472 e. The van der Waals surface area contributed by atoms with Gasteiger partial charge in [-0.15, -0.1) is 0 Å². The van der Waals surface area contributed by atoms with Crippen LogP contribution >= 0.6 is 7.82 Å². The normalized spacial score (nSPS) is 13.7. The topological polar surface area (TPSA) is 97.3 Å². The zero-order valence-electron chi connectivity index (χ0n) is 35.4. The third-order valence-corrected chi connectivity index (χ3v) is 11.0. The Kier molecular flexibility index (Phi) is 35.5. The van der Waals surface area contributed by atoms with E-state index in [0.717, 1.165) is 32.1 Å². The van der Waals surface area contributed by atoms with Crippen LogP contribution in [0.25, 0.3) is 0 Å². The number of unbranched alkanes of at least 4 members (excludes halogenated alkanes) is 26. The summed E-state index contributed by atoms with van der Waals surface area (Å²) in [7, 11) is 3.28. The van der Waals surface area contributed by atoms with E-state index in [0.29, 0.717) is 24.2 Å². The number of amides is 2. The maximum atomic E-state index is 12.9. The number of nitrogens with zero attached hydrogens (tertiary/aromatic N) is 2. The Morgan fingerprint density at radius 3 is 1.40 bits per heavy atom. The largest absolute Gasteiger partial charge is 0.472 e. The summed E-state index contributed by atoms with van der Waals surface area (Å²) in [6, 6.07) is -0.214. The second kappa shape index (κ2) is 36.0. The first kappa shape index (κ1) is 51.3. The molecule has 2 atom stereocenters. The molecule has 2 amide bonds. The predicted octanol–water partition coefficient (Wildman–Crippen LogP) is 11.8. The molecular formula is C42H89N3O6P+. The van der Waals surface area contributed by atoms with Gasteiger partial charge in [-0.25, -0.2) is 9.36 Å². The zero-order chi connectivity index (χ0) is 38.6. The van der Waals surface area contributed by atoms with Crippen LogP contribution in [0.5, 0.6) is 0 Å². The lowest BCUT2D eigenvalue weighted by Crippen LogP contribution is -2.44. The van der Waals surface area contributed by atoms with Crippen molar-refractivity contribution < 1.29 is 32.5 Å². The SMILES string of the molecule is CCCCCCCCCCCCCCCCOCC(CN(CCCCCCCCCCCCCCCC)C(=O)NC)OP(=O)(O)OCC[N+](C)(C)C. The Bertz CT molecular complexity index is 828. The number of ether oxygens (including phenoxy) is 1. The average Bonchev–Trinajstić information content (AvgIpc) is 3.09. The Morgan fingerprint density at radius 1 is 0.635 bits per heavy atom. The summed E-state index contributed by atoms with van der Waals surface area (Å²) in [6.07, 6.45) is 35.3. The fourth-order valence-corrected chi connectivity index (χ4v) is 7.43. The molecule has 0 aromatic heterocycles. The van der Waals surface area contributed by atoms with Crippen LogP contribution < -0.4 is 5.32 Å². The Labute approximate surface area is 323 Å². The number of urea groups is 1. The summed E-state index contributed by atoms with van der Waals surface area (Å²) in [5.41, 5.74) is 0. The third kappa shape index (κ3) is 36.3. The summed E-state index contributed by atoms with van der Waals surface area (Å²) in [5.74, 6) is 0. The molecule has 0 spiro atoms. The number of hydrogen-bond acceptors (Lipinski definition) is 5. The quantitative estimate of drug-likeness (QED) is 0.0366. The highest BCUT2D eigenvalue weighted by Gasteiger charge is 2.30. The Hall–Kier alpha value is -0.700. The van der Waals surface area contributed by atoms with Crippen molar-refractivity contribution in [3.05, 3.63) is 0 Å². The van der Waals surface area contributed by atoms with Crippen LogP contribution in [-0.4, -0.2) is 94.1 Å². The van der Waals surface area contributed by atoms with Gasteiger partial charge >= 0.3 is 13.9 Å². The van der Waals surface area contributed by atoms with Gasteiger partial charge in [0.05, 0.1) is 34.3 Å². The molecule has 0 bridgehead atoms. The molecule has 2 unspecified atom stereocenters. The van der Waals surface area contributed by atoms with Gasteiger partial charge in [0, 0.05) is 20.2 Å². The minimum atomic E-state index is -4.33. The summed E-state index contributed by atoms with van der Waals surface area (Å²) in [5, 5.41) is 2.73. The van der Waals surface area contributed by atoms with E-state index in [1.165, 1.54) is 148 Å². The molecule has 0 aliphatic heterocycles. The lowest BCUT2D eigenvalue weighted by atomic mass is 10.0. The van der Waals surface area contributed by atoms with Gasteiger partial charge in [0.15, 0.2) is 0 Å². The maximum absolute atomic E-state index is 12.9. The molecule has 312 valence electrons. The van der Waals surface area contributed by atoms with Gasteiger partial charge in [-0.1, -0.05) is 181 Å². The highest BCUT2D eigenvalue weighted by atomic mass is 31.2. The number of phosphoric ester groups is 1. The molecule has 0 fully saturated rings. The average molecular weight is 763 g/mol. The summed E-state index contributed by atoms with van der Waals surface area (Å²) >= 11 is 0. The van der Waals surface area contributed by atoms with Gasteiger partial charge in [-0.2, -0.15) is 0 Å². The van der Waals surface area contributed by atoms with Crippen molar-refractivity contribution in [1.29, 1.82) is 0 Å². The molecule has 0 rings (SSSR count). The number of phosphoric acid groups is 1. The van der Waals surface area contributed by atoms with Gasteiger partial charge < -0.3 is 24.3 Å². The second-order valence-electron chi connectivity index (χ2n) is 16.3. The van der Waals surface area contributed by atoms with Crippen molar-refractivity contribution in [3.63, 3.8) is 0 Å². The molecule has 0 radical (unpaired) electrons. The van der Waals surface area contributed by atoms with Crippen LogP contribution in [0.3, 0.4) is 0 Å². The van der Waals surface area contributed by atoms with Crippen molar-refractivity contribution >= 4 is 13.9 Å². The summed E-state index contributed by atoms with van der Waals surface area (Å²) < 4.78 is 30.5. The van der Waals surface area contributed by atoms with E-state index < -0.39 is 13.9 Å². The van der Waals surface area contributed by atoms with Crippen molar-refractivity contribution in [2.45, 2.75) is 200 Å². The van der Waals surface area contributed by atoms with E-state index in [2.05, 4.69) is 19.2 Å². The van der Waals surface area contributed by atoms with E-state index in [1.54, 1.807) is 11.9 Å². The first-order chi connectivity index (χ1) is 25.0. The number of carbonyl (C=O) groups is 1. The fourth-order valence-electron chi connectivity index (χ4n) is 6.56. The van der Waals surface area contributed by atoms with Crippen LogP contribution in [0.4, 0.5) is 4.79 Å². The van der Waals surface area contributed by atoms with Crippen LogP contribution in [-0.2, 0) is 18.3 Å². The van der Waals surface area contributed by atoms with Gasteiger partial charge in [0.25, 0.3) is 0 Å². The van der Waals surface area contributed by atoms with Crippen LogP contribution in [0, 0.1) is 0 Å². The van der Waals surface area contributed by atoms with E-state index in [9.17, 15) is 14.3 Å². The molecule has 0 saturated heterocycles. The van der Waals surface area contributed by atoms with E-state index in [1.807, 2.05) is 21.1 Å². The molecule has 0 aliphatic rings. The second-order valence-corrected chi connectivity index (χ2v) is 17.7. The number of rotatable bonds is 40. The standard InChI is InChI=1S/C42H88N3O6P/c1-7-9-11-13-15-17-19-21-23-25-27-29-31-33-35-44(42(46)43-3)39-41(51-52(47,48)50-38-36-45(4,5)6)40-49-37-34-32-30-28-26-24-22-20-18-16-14-12-10-8-2/h41H,7-40H2,1-6H3,(H-,43,46,47,48)/p+1. The molecule has 2 N–H and O–H groups in total. The van der Waals surface area contributed by atoms with Crippen molar-refractivity contribution in [2.75, 3.05) is 67.6 Å². The first-order valence-electron chi connectivity index (χ1n) is 22.0. The number of nitrogens with one attached hydrogen (secondary N) is 1. The number of hydrogen-bond donors (Lipinski definition) is 2. The molecule has 0 saturated carbocycles. The molecular weight excluding hydrogens is 673 g/mol. The molecule has 52 heavy (non-hydrogen) atoms. The zero-order valence-corrected chi connectivity index (χ0v) is 36.3. The Balaban J connectivity index is 4.55. The molecule has 0 aromatic rings. The lowest BCUT2D eigenvalue weighted by molar-refractivity contribution is -0.870. The van der Waals surface area contributed by atoms with Crippen LogP contribution in [0.1, 0.15) is 194 Å². The molecule has 0 aliphatic carbocycles. The van der Waals surface area contributed by atoms with Crippen LogP contribution in [0.2, 0.25) is 0 Å². The minimum Gasteiger partial charge on any atom is -0.379 e. The number of likely N-dealkylation sites (N-methyl/N-ethyl adjacent to an activating group) is 1. The minimum absolute atomic E-state index is 0.0993. The van der Waals surface area contributed by atoms with Crippen LogP contribution in [0.15, 0.2) is 0 Å².